The molecule has 0 amide bonds. The molecule has 0 aliphatic carbocycles. The molecule has 0 unspecified atom stereocenters. The van der Waals surface area contributed by atoms with Crippen molar-refractivity contribution >= 4 is 12.4 Å². The number of hydrogen-bond acceptors (Lipinski definition) is 2. The minimum Gasteiger partial charge on any atom is -0.379 e. The molecule has 2 nitrogen and oxygen atoms in total. The second kappa shape index (κ2) is 4.37. The highest BCUT2D eigenvalue weighted by Gasteiger charge is 1.92. The molecule has 0 aromatic carbocycles. The van der Waals surface area contributed by atoms with Crippen LogP contribution in [0.1, 0.15) is 0 Å². The minimum atomic E-state index is 0. The molecule has 3 heteroatoms. The van der Waals surface area contributed by atoms with Gasteiger partial charge >= 0.3 is 0 Å². The van der Waals surface area contributed by atoms with Crippen LogP contribution in [0.4, 0.5) is 0 Å². The third-order valence-electron chi connectivity index (χ3n) is 0.787. The highest BCUT2D eigenvalue weighted by Crippen LogP contribution is 1.76. The Kier molecular flexibility index (Phi) is 3.34. The zero-order valence-electron chi connectivity index (χ0n) is 5.09. The molecular formula is C4H10ClNO. The van der Waals surface area contributed by atoms with Crippen molar-refractivity contribution < 1.29 is 6.15 Å². The molecule has 0 aromatic rings. The standard InChI is InChI=1S/C4H9NO.ClH/c1-3-6-4-2-5-1;/h5H,1-4H2;1H/i/hD. The van der Waals surface area contributed by atoms with Gasteiger partial charge in [-0.2, -0.15) is 0 Å². The minimum absolute atomic E-state index is 0. The summed E-state index contributed by atoms with van der Waals surface area (Å²) in [6.45, 7) is 2.98. The van der Waals surface area contributed by atoms with Crippen molar-refractivity contribution in [3.63, 3.8) is 0 Å². The summed E-state index contributed by atoms with van der Waals surface area (Å²) in [6, 6.07) is 0. The second-order valence-electron chi connectivity index (χ2n) is 1.28. The molecule has 1 aliphatic rings. The van der Waals surface area contributed by atoms with E-state index in [1.54, 1.807) is 0 Å². The predicted octanol–water partition coefficient (Wildman–Crippen LogP) is 0.0280. The lowest BCUT2D eigenvalue weighted by molar-refractivity contribution is 0.109. The van der Waals surface area contributed by atoms with Gasteiger partial charge in [0.15, 0.2) is 0 Å². The first-order chi connectivity index (χ1) is 3.39. The molecule has 0 atom stereocenters. The van der Waals surface area contributed by atoms with Gasteiger partial charge in [0.1, 0.15) is 1.41 Å². The van der Waals surface area contributed by atoms with Crippen molar-refractivity contribution in [1.29, 1.82) is 0 Å². The van der Waals surface area contributed by atoms with Gasteiger partial charge in [0.25, 0.3) is 0 Å². The topological polar surface area (TPSA) is 21.3 Å². The van der Waals surface area contributed by atoms with Crippen LogP contribution in [-0.2, 0) is 4.74 Å². The van der Waals surface area contributed by atoms with Crippen molar-refractivity contribution in [3.8, 4) is 0 Å². The average Bonchev–Trinajstić information content (AvgIpc) is 1.69. The molecule has 1 aliphatic heterocycles. The molecule has 1 saturated heterocycles. The molecule has 1 N–H and O–H groups in total. The number of nitrogens with one attached hydrogen (secondary N) is 1. The van der Waals surface area contributed by atoms with Crippen molar-refractivity contribution in [2.45, 2.75) is 0 Å². The fourth-order valence-electron chi connectivity index (χ4n) is 0.472. The van der Waals surface area contributed by atoms with Gasteiger partial charge in [-0.1, -0.05) is 0 Å². The van der Waals surface area contributed by atoms with Gasteiger partial charge in [0.05, 0.1) is 13.2 Å². The fourth-order valence-corrected chi connectivity index (χ4v) is 0.472. The van der Waals surface area contributed by atoms with E-state index in [0.717, 1.165) is 26.3 Å². The van der Waals surface area contributed by atoms with Gasteiger partial charge in [-0.3, -0.25) is 0 Å². The molecule has 0 bridgehead atoms. The molecule has 0 radical (unpaired) electrons. The van der Waals surface area contributed by atoms with Crippen molar-refractivity contribution in [1.82, 2.24) is 5.31 Å². The lowest BCUT2D eigenvalue weighted by Crippen LogP contribution is -2.30. The van der Waals surface area contributed by atoms with Crippen LogP contribution in [0, 0.1) is 0 Å². The van der Waals surface area contributed by atoms with Crippen LogP contribution in [-0.4, -0.2) is 26.3 Å². The zero-order chi connectivity index (χ0) is 5.11. The van der Waals surface area contributed by atoms with E-state index in [0.29, 0.717) is 0 Å². The number of rotatable bonds is 0. The molecule has 1 heterocycles. The Morgan fingerprint density at radius 3 is 2.29 bits per heavy atom. The zero-order valence-corrected chi connectivity index (χ0v) is 4.91. The Morgan fingerprint density at radius 1 is 1.43 bits per heavy atom. The van der Waals surface area contributed by atoms with E-state index >= 15 is 0 Å². The maximum absolute atomic E-state index is 7.03. The molecular weight excluding hydrogens is 114 g/mol. The summed E-state index contributed by atoms with van der Waals surface area (Å²) < 4.78 is 12.0. The quantitative estimate of drug-likeness (QED) is 0.492. The number of morpholine rings is 1. The van der Waals surface area contributed by atoms with Gasteiger partial charge < -0.3 is 10.0 Å². The average molecular weight is 125 g/mol. The van der Waals surface area contributed by atoms with Crippen molar-refractivity contribution in [2.75, 3.05) is 26.3 Å². The lowest BCUT2D eigenvalue weighted by atomic mass is 10.5. The number of halogens is 1. The Morgan fingerprint density at radius 2 is 2.00 bits per heavy atom. The summed E-state index contributed by atoms with van der Waals surface area (Å²) in [6.07, 6.45) is 0. The summed E-state index contributed by atoms with van der Waals surface area (Å²) in [7, 11) is 0. The van der Waals surface area contributed by atoms with Crippen LogP contribution in [0.2, 0.25) is 1.41 Å². The first-order valence-electron chi connectivity index (χ1n) is 2.66. The van der Waals surface area contributed by atoms with Crippen LogP contribution in [0.5, 0.6) is 0 Å². The third-order valence-corrected chi connectivity index (χ3v) is 0.787. The van der Waals surface area contributed by atoms with E-state index in [2.05, 4.69) is 0 Å². The van der Waals surface area contributed by atoms with E-state index in [4.69, 9.17) is 6.15 Å². The first-order valence-corrected chi connectivity index (χ1v) is 2.21. The maximum Gasteiger partial charge on any atom is 0.122 e. The summed E-state index contributed by atoms with van der Waals surface area (Å²) in [5, 5.41) is 1.52. The van der Waals surface area contributed by atoms with E-state index in [1.807, 2.05) is 0 Å². The van der Waals surface area contributed by atoms with E-state index in [1.165, 1.54) is 5.31 Å². The maximum atomic E-state index is 7.03. The van der Waals surface area contributed by atoms with Crippen LogP contribution >= 0.6 is 12.4 Å². The molecule has 0 spiro atoms. The summed E-state index contributed by atoms with van der Waals surface area (Å²) >= 11 is 0. The molecule has 1 fully saturated rings. The van der Waals surface area contributed by atoms with Gasteiger partial charge in [0, 0.05) is 13.1 Å². The highest BCUT2D eigenvalue weighted by atomic mass is 35.5. The van der Waals surface area contributed by atoms with Crippen LogP contribution < -0.4 is 5.31 Å². The largest absolute Gasteiger partial charge is 0.379 e. The lowest BCUT2D eigenvalue weighted by Gasteiger charge is -2.10. The third kappa shape index (κ3) is 2.85. The van der Waals surface area contributed by atoms with E-state index in [9.17, 15) is 0 Å². The Bertz CT molecular complexity index is 58.0. The van der Waals surface area contributed by atoms with E-state index in [-0.39, 0.29) is 12.4 Å². The summed E-state index contributed by atoms with van der Waals surface area (Å²) in [4.78, 5) is 0. The molecule has 0 aromatic heterocycles. The number of ether oxygens (including phenoxy) is 1. The second-order valence-corrected chi connectivity index (χ2v) is 1.28. The van der Waals surface area contributed by atoms with Gasteiger partial charge in [0.2, 0.25) is 0 Å². The van der Waals surface area contributed by atoms with Crippen molar-refractivity contribution in [3.05, 3.63) is 0 Å². The molecule has 1 rings (SSSR count). The Labute approximate surface area is 51.1 Å². The highest BCUT2D eigenvalue weighted by molar-refractivity contribution is 5.85. The summed E-state index contributed by atoms with van der Waals surface area (Å²) in [5.41, 5.74) is 0. The van der Waals surface area contributed by atoms with Crippen LogP contribution in [0.25, 0.3) is 0 Å². The smallest absolute Gasteiger partial charge is 0.122 e. The SMILES string of the molecule is Cl.[2H]N1CCOCC1. The molecule has 7 heavy (non-hydrogen) atoms. The summed E-state index contributed by atoms with van der Waals surface area (Å²) in [5.74, 6) is 0. The van der Waals surface area contributed by atoms with Gasteiger partial charge in [-0.15, -0.1) is 12.4 Å². The van der Waals surface area contributed by atoms with Crippen LogP contribution in [0.3, 0.4) is 0 Å². The van der Waals surface area contributed by atoms with Crippen molar-refractivity contribution in [2.24, 2.45) is 0 Å². The molecule has 0 saturated carbocycles. The number of hydrogen-bond donors (Lipinski definition) is 1. The van der Waals surface area contributed by atoms with E-state index < -0.39 is 0 Å². The Hall–Kier alpha value is 0.210. The predicted molar refractivity (Wildman–Crippen MR) is 30.9 cm³/mol. The Balaban J connectivity index is 0.000000490. The normalized spacial score (nSPS) is 25.4. The first kappa shape index (κ1) is 5.35. The van der Waals surface area contributed by atoms with Gasteiger partial charge in [-0.25, -0.2) is 0 Å². The monoisotopic (exact) mass is 124 g/mol. The van der Waals surface area contributed by atoms with Gasteiger partial charge in [-0.05, 0) is 0 Å². The van der Waals surface area contributed by atoms with Crippen LogP contribution in [0.15, 0.2) is 0 Å². The molecule has 44 valence electrons. The fraction of sp³-hybridized carbons (Fsp3) is 1.00.